The van der Waals surface area contributed by atoms with Gasteiger partial charge >= 0.3 is 0 Å². The Hall–Kier alpha value is -1.06. The number of rotatable bonds is 2. The van der Waals surface area contributed by atoms with Gasteiger partial charge in [-0.25, -0.2) is 0 Å². The van der Waals surface area contributed by atoms with Gasteiger partial charge < -0.3 is 15.4 Å². The molecule has 1 aromatic rings. The standard InChI is InChI=1S/C13H18N2O/c1-2-10-8-14-9-12(10)13(3-1)15-11-4-6-16-7-5-11/h1-3,11,14-15H,4-9H2. The van der Waals surface area contributed by atoms with Gasteiger partial charge in [0.05, 0.1) is 0 Å². The van der Waals surface area contributed by atoms with E-state index in [1.807, 2.05) is 0 Å². The molecule has 1 fully saturated rings. The quantitative estimate of drug-likeness (QED) is 0.795. The molecule has 3 rings (SSSR count). The summed E-state index contributed by atoms with van der Waals surface area (Å²) in [6.07, 6.45) is 2.24. The number of fused-ring (bicyclic) bond motifs is 1. The van der Waals surface area contributed by atoms with E-state index in [1.54, 1.807) is 0 Å². The lowest BCUT2D eigenvalue weighted by Gasteiger charge is -2.25. The van der Waals surface area contributed by atoms with Gasteiger partial charge in [0.15, 0.2) is 0 Å². The van der Waals surface area contributed by atoms with Gasteiger partial charge in [0.2, 0.25) is 0 Å². The summed E-state index contributed by atoms with van der Waals surface area (Å²) in [6, 6.07) is 7.14. The molecule has 0 amide bonds. The van der Waals surface area contributed by atoms with Crippen molar-refractivity contribution in [1.29, 1.82) is 0 Å². The van der Waals surface area contributed by atoms with Gasteiger partial charge in [-0.05, 0) is 30.0 Å². The van der Waals surface area contributed by atoms with Crippen LogP contribution in [0.2, 0.25) is 0 Å². The van der Waals surface area contributed by atoms with Gasteiger partial charge in [-0.1, -0.05) is 12.1 Å². The third-order valence-electron chi connectivity index (χ3n) is 3.47. The fraction of sp³-hybridized carbons (Fsp3) is 0.538. The number of hydrogen-bond donors (Lipinski definition) is 2. The molecule has 16 heavy (non-hydrogen) atoms. The van der Waals surface area contributed by atoms with Gasteiger partial charge in [-0.3, -0.25) is 0 Å². The molecule has 0 aromatic heterocycles. The maximum Gasteiger partial charge on any atom is 0.0485 e. The summed E-state index contributed by atoms with van der Waals surface area (Å²) < 4.78 is 5.38. The monoisotopic (exact) mass is 218 g/mol. The summed E-state index contributed by atoms with van der Waals surface area (Å²) >= 11 is 0. The van der Waals surface area contributed by atoms with Crippen molar-refractivity contribution >= 4 is 5.69 Å². The zero-order valence-corrected chi connectivity index (χ0v) is 9.46. The largest absolute Gasteiger partial charge is 0.382 e. The van der Waals surface area contributed by atoms with E-state index < -0.39 is 0 Å². The smallest absolute Gasteiger partial charge is 0.0485 e. The van der Waals surface area contributed by atoms with Crippen LogP contribution in [-0.2, 0) is 17.8 Å². The highest BCUT2D eigenvalue weighted by molar-refractivity contribution is 5.56. The first-order valence-corrected chi connectivity index (χ1v) is 6.09. The second-order valence-corrected chi connectivity index (χ2v) is 4.58. The number of hydrogen-bond acceptors (Lipinski definition) is 3. The van der Waals surface area contributed by atoms with Crippen molar-refractivity contribution in [3.05, 3.63) is 29.3 Å². The lowest BCUT2D eigenvalue weighted by atomic mass is 10.1. The molecule has 0 radical (unpaired) electrons. The van der Waals surface area contributed by atoms with Gasteiger partial charge in [-0.15, -0.1) is 0 Å². The molecule has 0 bridgehead atoms. The van der Waals surface area contributed by atoms with Crippen molar-refractivity contribution in [3.63, 3.8) is 0 Å². The van der Waals surface area contributed by atoms with Crippen molar-refractivity contribution < 1.29 is 4.74 Å². The van der Waals surface area contributed by atoms with Gasteiger partial charge in [-0.2, -0.15) is 0 Å². The van der Waals surface area contributed by atoms with Crippen LogP contribution in [0.1, 0.15) is 24.0 Å². The Morgan fingerprint density at radius 2 is 2.06 bits per heavy atom. The van der Waals surface area contributed by atoms with E-state index >= 15 is 0 Å². The van der Waals surface area contributed by atoms with Crippen LogP contribution in [0.15, 0.2) is 18.2 Å². The Balaban J connectivity index is 1.76. The Bertz CT molecular complexity index is 372. The average Bonchev–Trinajstić information content (AvgIpc) is 2.80. The minimum absolute atomic E-state index is 0.584. The molecule has 0 aliphatic carbocycles. The van der Waals surface area contributed by atoms with Crippen LogP contribution in [-0.4, -0.2) is 19.3 Å². The van der Waals surface area contributed by atoms with E-state index in [0.717, 1.165) is 39.1 Å². The molecule has 0 spiro atoms. The van der Waals surface area contributed by atoms with Crippen molar-refractivity contribution in [2.45, 2.75) is 32.0 Å². The summed E-state index contributed by atoms with van der Waals surface area (Å²) in [4.78, 5) is 0. The zero-order valence-electron chi connectivity index (χ0n) is 9.46. The molecule has 3 nitrogen and oxygen atoms in total. The van der Waals surface area contributed by atoms with E-state index in [-0.39, 0.29) is 0 Å². The minimum Gasteiger partial charge on any atom is -0.382 e. The predicted molar refractivity (Wildman–Crippen MR) is 64.4 cm³/mol. The molecule has 0 unspecified atom stereocenters. The van der Waals surface area contributed by atoms with Crippen molar-refractivity contribution in [2.24, 2.45) is 0 Å². The van der Waals surface area contributed by atoms with Crippen LogP contribution >= 0.6 is 0 Å². The summed E-state index contributed by atoms with van der Waals surface area (Å²) in [7, 11) is 0. The van der Waals surface area contributed by atoms with Crippen LogP contribution in [0.5, 0.6) is 0 Å². The molecule has 2 heterocycles. The highest BCUT2D eigenvalue weighted by atomic mass is 16.5. The molecule has 2 N–H and O–H groups in total. The second kappa shape index (κ2) is 4.44. The molecule has 0 saturated carbocycles. The van der Waals surface area contributed by atoms with Crippen LogP contribution in [0.4, 0.5) is 5.69 Å². The fourth-order valence-electron chi connectivity index (χ4n) is 2.53. The molecular formula is C13H18N2O. The van der Waals surface area contributed by atoms with E-state index in [0.29, 0.717) is 6.04 Å². The molecule has 3 heteroatoms. The highest BCUT2D eigenvalue weighted by Gasteiger charge is 2.18. The summed E-state index contributed by atoms with van der Waals surface area (Å²) in [5, 5.41) is 7.06. The highest BCUT2D eigenvalue weighted by Crippen LogP contribution is 2.26. The van der Waals surface area contributed by atoms with Crippen LogP contribution < -0.4 is 10.6 Å². The normalized spacial score (nSPS) is 20.8. The van der Waals surface area contributed by atoms with E-state index in [2.05, 4.69) is 28.8 Å². The number of anilines is 1. The molecule has 1 aromatic carbocycles. The van der Waals surface area contributed by atoms with Crippen LogP contribution in [0.3, 0.4) is 0 Å². The number of benzene rings is 1. The lowest BCUT2D eigenvalue weighted by molar-refractivity contribution is 0.0904. The third-order valence-corrected chi connectivity index (χ3v) is 3.47. The molecular weight excluding hydrogens is 200 g/mol. The summed E-state index contributed by atoms with van der Waals surface area (Å²) in [6.45, 7) is 3.80. The SMILES string of the molecule is c1cc2c(c(NC3CCOCC3)c1)CNC2. The van der Waals surface area contributed by atoms with Crippen molar-refractivity contribution in [3.8, 4) is 0 Å². The average molecular weight is 218 g/mol. The summed E-state index contributed by atoms with van der Waals surface area (Å²) in [5.74, 6) is 0. The maximum absolute atomic E-state index is 5.38. The van der Waals surface area contributed by atoms with Crippen molar-refractivity contribution in [2.75, 3.05) is 18.5 Å². The first kappa shape index (κ1) is 10.1. The number of nitrogens with one attached hydrogen (secondary N) is 2. The Morgan fingerprint density at radius 3 is 2.94 bits per heavy atom. The molecule has 86 valence electrons. The molecule has 0 atom stereocenters. The molecule has 2 aliphatic rings. The minimum atomic E-state index is 0.584. The zero-order chi connectivity index (χ0) is 10.8. The maximum atomic E-state index is 5.38. The summed E-state index contributed by atoms with van der Waals surface area (Å²) in [5.41, 5.74) is 4.21. The predicted octanol–water partition coefficient (Wildman–Crippen LogP) is 1.88. The van der Waals surface area contributed by atoms with Gasteiger partial charge in [0.1, 0.15) is 0 Å². The lowest BCUT2D eigenvalue weighted by Crippen LogP contribution is -2.28. The Labute approximate surface area is 96.2 Å². The van der Waals surface area contributed by atoms with Crippen molar-refractivity contribution in [1.82, 2.24) is 5.32 Å². The van der Waals surface area contributed by atoms with Gasteiger partial charge in [0.25, 0.3) is 0 Å². The topological polar surface area (TPSA) is 33.3 Å². The van der Waals surface area contributed by atoms with E-state index in [1.165, 1.54) is 16.8 Å². The number of ether oxygens (including phenoxy) is 1. The van der Waals surface area contributed by atoms with E-state index in [9.17, 15) is 0 Å². The van der Waals surface area contributed by atoms with Crippen LogP contribution in [0.25, 0.3) is 0 Å². The molecule has 2 aliphatic heterocycles. The first-order valence-electron chi connectivity index (χ1n) is 6.09. The molecule has 1 saturated heterocycles. The fourth-order valence-corrected chi connectivity index (χ4v) is 2.53. The third kappa shape index (κ3) is 1.93. The van der Waals surface area contributed by atoms with Crippen LogP contribution in [0, 0.1) is 0 Å². The Morgan fingerprint density at radius 1 is 1.19 bits per heavy atom. The first-order chi connectivity index (χ1) is 7.93. The Kier molecular flexibility index (Phi) is 2.80. The second-order valence-electron chi connectivity index (χ2n) is 4.58. The van der Waals surface area contributed by atoms with Gasteiger partial charge in [0, 0.05) is 38.0 Å². The van der Waals surface area contributed by atoms with E-state index in [4.69, 9.17) is 4.74 Å².